The van der Waals surface area contributed by atoms with Gasteiger partial charge in [-0.3, -0.25) is 10.1 Å². The molecule has 0 spiro atoms. The largest absolute Gasteiger partial charge is 0.497 e. The van der Waals surface area contributed by atoms with E-state index >= 15 is 0 Å². The minimum atomic E-state index is -0.213. The van der Waals surface area contributed by atoms with Crippen molar-refractivity contribution in [3.05, 3.63) is 83.7 Å². The van der Waals surface area contributed by atoms with E-state index in [9.17, 15) is 4.79 Å². The second-order valence-corrected chi connectivity index (χ2v) is 7.05. The summed E-state index contributed by atoms with van der Waals surface area (Å²) >= 11 is 1.41. The molecule has 0 saturated carbocycles. The van der Waals surface area contributed by atoms with Gasteiger partial charge in [-0.05, 0) is 40.6 Å². The number of hydrogen-bond donors (Lipinski definition) is 1. The number of ether oxygens (including phenoxy) is 1. The number of hydrogen-bond acceptors (Lipinski definition) is 4. The summed E-state index contributed by atoms with van der Waals surface area (Å²) in [6, 6.07) is 22.0. The lowest BCUT2D eigenvalue weighted by atomic mass is 10.1. The van der Waals surface area contributed by atoms with Crippen molar-refractivity contribution in [2.75, 3.05) is 12.4 Å². The summed E-state index contributed by atoms with van der Waals surface area (Å²) in [5, 5.41) is 7.71. The average molecular weight is 386 g/mol. The number of anilines is 1. The first-order valence-electron chi connectivity index (χ1n) is 8.79. The predicted molar refractivity (Wildman–Crippen MR) is 116 cm³/mol. The molecule has 1 aromatic heterocycles. The second-order valence-electron chi connectivity index (χ2n) is 6.20. The molecule has 0 radical (unpaired) electrons. The summed E-state index contributed by atoms with van der Waals surface area (Å²) < 4.78 is 5.13. The zero-order valence-electron chi connectivity index (χ0n) is 15.3. The summed E-state index contributed by atoms with van der Waals surface area (Å²) in [7, 11) is 1.62. The number of nitrogens with zero attached hydrogens (tertiary/aromatic N) is 1. The summed E-state index contributed by atoms with van der Waals surface area (Å²) in [5.74, 6) is 0.570. The number of rotatable bonds is 5. The fraction of sp³-hybridized carbons (Fsp3) is 0.0435. The van der Waals surface area contributed by atoms with Crippen molar-refractivity contribution >= 4 is 39.2 Å². The highest BCUT2D eigenvalue weighted by molar-refractivity contribution is 7.14. The number of thiazole rings is 1. The molecule has 0 saturated heterocycles. The molecular weight excluding hydrogens is 368 g/mol. The Bertz CT molecular complexity index is 1150. The maximum atomic E-state index is 12.2. The Balaban J connectivity index is 1.44. The molecule has 0 aliphatic rings. The van der Waals surface area contributed by atoms with Gasteiger partial charge in [0.05, 0.1) is 12.8 Å². The Kier molecular flexibility index (Phi) is 5.17. The van der Waals surface area contributed by atoms with E-state index in [0.717, 1.165) is 22.6 Å². The maximum Gasteiger partial charge on any atom is 0.250 e. The summed E-state index contributed by atoms with van der Waals surface area (Å²) in [6.45, 7) is 0. The molecule has 4 aromatic rings. The second kappa shape index (κ2) is 8.06. The molecule has 138 valence electrons. The fourth-order valence-electron chi connectivity index (χ4n) is 2.85. The van der Waals surface area contributed by atoms with Gasteiger partial charge in [-0.15, -0.1) is 11.3 Å². The van der Waals surface area contributed by atoms with Crippen LogP contribution in [0.2, 0.25) is 0 Å². The number of nitrogens with one attached hydrogen (secondary N) is 1. The number of carbonyl (C=O) groups excluding carboxylic acids is 1. The van der Waals surface area contributed by atoms with Crippen LogP contribution in [-0.2, 0) is 4.79 Å². The van der Waals surface area contributed by atoms with E-state index < -0.39 is 0 Å². The molecule has 4 nitrogen and oxygen atoms in total. The third kappa shape index (κ3) is 4.10. The quantitative estimate of drug-likeness (QED) is 0.453. The summed E-state index contributed by atoms with van der Waals surface area (Å²) in [4.78, 5) is 16.7. The zero-order chi connectivity index (χ0) is 19.3. The van der Waals surface area contributed by atoms with E-state index in [1.54, 1.807) is 13.2 Å². The van der Waals surface area contributed by atoms with Crippen LogP contribution >= 0.6 is 11.3 Å². The van der Waals surface area contributed by atoms with Gasteiger partial charge < -0.3 is 4.74 Å². The molecule has 0 aliphatic heterocycles. The Hall–Kier alpha value is -3.44. The molecule has 0 bridgehead atoms. The molecule has 5 heteroatoms. The number of carbonyl (C=O) groups is 1. The monoisotopic (exact) mass is 386 g/mol. The topological polar surface area (TPSA) is 51.2 Å². The molecular formula is C23H18N2O2S. The van der Waals surface area contributed by atoms with Gasteiger partial charge in [0.1, 0.15) is 5.75 Å². The van der Waals surface area contributed by atoms with Crippen molar-refractivity contribution < 1.29 is 9.53 Å². The first-order chi connectivity index (χ1) is 13.7. The van der Waals surface area contributed by atoms with Gasteiger partial charge in [0.25, 0.3) is 0 Å². The van der Waals surface area contributed by atoms with Crippen LogP contribution in [0, 0.1) is 0 Å². The standard InChI is InChI=1S/C23H18N2O2S/c1-27-20-11-6-16(7-12-20)8-13-22(26)25-23-24-21(15-28-23)19-10-9-17-4-2-3-5-18(17)14-19/h2-15H,1H3,(H,24,25,26)/b13-8+. The van der Waals surface area contributed by atoms with Crippen molar-refractivity contribution in [3.8, 4) is 17.0 Å². The first kappa shape index (κ1) is 17.9. The molecule has 28 heavy (non-hydrogen) atoms. The summed E-state index contributed by atoms with van der Waals surface area (Å²) in [5.41, 5.74) is 2.81. The van der Waals surface area contributed by atoms with Gasteiger partial charge in [0.15, 0.2) is 5.13 Å². The molecule has 0 unspecified atom stereocenters. The fourth-order valence-corrected chi connectivity index (χ4v) is 3.57. The van der Waals surface area contributed by atoms with Crippen molar-refractivity contribution in [3.63, 3.8) is 0 Å². The van der Waals surface area contributed by atoms with E-state index in [1.807, 2.05) is 47.8 Å². The van der Waals surface area contributed by atoms with Gasteiger partial charge in [-0.1, -0.05) is 48.5 Å². The SMILES string of the molecule is COc1ccc(/C=C/C(=O)Nc2nc(-c3ccc4ccccc4c3)cs2)cc1. The Morgan fingerprint density at radius 3 is 2.61 bits per heavy atom. The third-order valence-corrected chi connectivity index (χ3v) is 5.08. The lowest BCUT2D eigenvalue weighted by Crippen LogP contribution is -2.07. The predicted octanol–water partition coefficient (Wildman–Crippen LogP) is 5.62. The average Bonchev–Trinajstić information content (AvgIpc) is 3.20. The van der Waals surface area contributed by atoms with Crippen LogP contribution in [0.15, 0.2) is 78.2 Å². The minimum Gasteiger partial charge on any atom is -0.497 e. The van der Waals surface area contributed by atoms with Crippen molar-refractivity contribution in [1.82, 2.24) is 4.98 Å². The molecule has 3 aromatic carbocycles. The van der Waals surface area contributed by atoms with E-state index in [-0.39, 0.29) is 5.91 Å². The third-order valence-electron chi connectivity index (χ3n) is 4.32. The van der Waals surface area contributed by atoms with Gasteiger partial charge in [-0.2, -0.15) is 0 Å². The van der Waals surface area contributed by atoms with Crippen LogP contribution in [0.5, 0.6) is 5.75 Å². The van der Waals surface area contributed by atoms with Gasteiger partial charge in [0, 0.05) is 17.0 Å². The molecule has 4 rings (SSSR count). The molecule has 1 N–H and O–H groups in total. The molecule has 0 atom stereocenters. The zero-order valence-corrected chi connectivity index (χ0v) is 16.1. The van der Waals surface area contributed by atoms with E-state index in [1.165, 1.54) is 28.2 Å². The highest BCUT2D eigenvalue weighted by atomic mass is 32.1. The summed E-state index contributed by atoms with van der Waals surface area (Å²) in [6.07, 6.45) is 3.26. The number of benzene rings is 3. The Morgan fingerprint density at radius 1 is 1.04 bits per heavy atom. The van der Waals surface area contributed by atoms with Crippen LogP contribution in [0.4, 0.5) is 5.13 Å². The van der Waals surface area contributed by atoms with Gasteiger partial charge in [-0.25, -0.2) is 4.98 Å². The lowest BCUT2D eigenvalue weighted by molar-refractivity contribution is -0.111. The number of fused-ring (bicyclic) bond motifs is 1. The van der Waals surface area contributed by atoms with Crippen LogP contribution in [-0.4, -0.2) is 18.0 Å². The highest BCUT2D eigenvalue weighted by Crippen LogP contribution is 2.27. The Labute approximate surface area is 167 Å². The first-order valence-corrected chi connectivity index (χ1v) is 9.67. The van der Waals surface area contributed by atoms with E-state index in [4.69, 9.17) is 4.74 Å². The van der Waals surface area contributed by atoms with Crippen LogP contribution in [0.3, 0.4) is 0 Å². The van der Waals surface area contributed by atoms with E-state index in [0.29, 0.717) is 5.13 Å². The van der Waals surface area contributed by atoms with Crippen LogP contribution in [0.25, 0.3) is 28.1 Å². The molecule has 0 aliphatic carbocycles. The van der Waals surface area contributed by atoms with Crippen molar-refractivity contribution in [2.45, 2.75) is 0 Å². The van der Waals surface area contributed by atoms with Gasteiger partial charge >= 0.3 is 0 Å². The Morgan fingerprint density at radius 2 is 1.82 bits per heavy atom. The van der Waals surface area contributed by atoms with Crippen LogP contribution < -0.4 is 10.1 Å². The maximum absolute atomic E-state index is 12.2. The number of amides is 1. The molecule has 0 fully saturated rings. The van der Waals surface area contributed by atoms with Gasteiger partial charge in [0.2, 0.25) is 5.91 Å². The lowest BCUT2D eigenvalue weighted by Gasteiger charge is -2.01. The molecule has 1 amide bonds. The minimum absolute atomic E-state index is 0.213. The van der Waals surface area contributed by atoms with Crippen molar-refractivity contribution in [2.24, 2.45) is 0 Å². The highest BCUT2D eigenvalue weighted by Gasteiger charge is 2.07. The smallest absolute Gasteiger partial charge is 0.250 e. The van der Waals surface area contributed by atoms with Crippen LogP contribution in [0.1, 0.15) is 5.56 Å². The normalized spacial score (nSPS) is 11.0. The number of aromatic nitrogens is 1. The number of methoxy groups -OCH3 is 1. The molecule has 1 heterocycles. The van der Waals surface area contributed by atoms with E-state index in [2.05, 4.69) is 34.6 Å². The van der Waals surface area contributed by atoms with Crippen molar-refractivity contribution in [1.29, 1.82) is 0 Å².